The van der Waals surface area contributed by atoms with E-state index in [4.69, 9.17) is 4.74 Å². The fourth-order valence-electron chi connectivity index (χ4n) is 3.96. The summed E-state index contributed by atoms with van der Waals surface area (Å²) in [7, 11) is 0. The van der Waals surface area contributed by atoms with Crippen molar-refractivity contribution in [3.63, 3.8) is 0 Å². The molecule has 0 bridgehead atoms. The highest BCUT2D eigenvalue weighted by molar-refractivity contribution is 5.96. The highest BCUT2D eigenvalue weighted by Crippen LogP contribution is 2.23. The Morgan fingerprint density at radius 1 is 1.03 bits per heavy atom. The van der Waals surface area contributed by atoms with Gasteiger partial charge in [-0.3, -0.25) is 9.69 Å². The van der Waals surface area contributed by atoms with Crippen molar-refractivity contribution in [3.05, 3.63) is 46.8 Å². The minimum Gasteiger partial charge on any atom is -0.447 e. The summed E-state index contributed by atoms with van der Waals surface area (Å²) in [6.45, 7) is 9.69. The SMILES string of the molecule is CCc1cnc(N2CCN(C(=O)c3cnc(N4CCOC4=O)cc3C)CC2)c(C)c1. The van der Waals surface area contributed by atoms with Crippen LogP contribution >= 0.6 is 0 Å². The van der Waals surface area contributed by atoms with Crippen LogP contribution in [0.4, 0.5) is 16.4 Å². The zero-order valence-electron chi connectivity index (χ0n) is 17.7. The van der Waals surface area contributed by atoms with Gasteiger partial charge in [0.2, 0.25) is 0 Å². The Balaban J connectivity index is 1.42. The van der Waals surface area contributed by atoms with E-state index in [0.717, 1.165) is 30.9 Å². The number of cyclic esters (lactones) is 1. The molecule has 0 radical (unpaired) electrons. The highest BCUT2D eigenvalue weighted by Gasteiger charge is 2.28. The predicted octanol–water partition coefficient (Wildman–Crippen LogP) is 2.57. The number of anilines is 2. The summed E-state index contributed by atoms with van der Waals surface area (Å²) in [4.78, 5) is 39.4. The molecule has 2 aromatic heterocycles. The van der Waals surface area contributed by atoms with Gasteiger partial charge in [0, 0.05) is 38.6 Å². The number of nitrogens with zero attached hydrogens (tertiary/aromatic N) is 5. The first-order valence-corrected chi connectivity index (χ1v) is 10.4. The van der Waals surface area contributed by atoms with Crippen molar-refractivity contribution < 1.29 is 14.3 Å². The van der Waals surface area contributed by atoms with Crippen LogP contribution in [0.25, 0.3) is 0 Å². The van der Waals surface area contributed by atoms with Gasteiger partial charge in [-0.15, -0.1) is 0 Å². The lowest BCUT2D eigenvalue weighted by molar-refractivity contribution is 0.0745. The fourth-order valence-corrected chi connectivity index (χ4v) is 3.96. The molecule has 0 unspecified atom stereocenters. The number of carbonyl (C=O) groups excluding carboxylic acids is 2. The minimum absolute atomic E-state index is 0.0267. The van der Waals surface area contributed by atoms with Gasteiger partial charge in [0.15, 0.2) is 0 Å². The van der Waals surface area contributed by atoms with E-state index < -0.39 is 6.09 Å². The maximum atomic E-state index is 13.1. The lowest BCUT2D eigenvalue weighted by Crippen LogP contribution is -2.49. The number of rotatable bonds is 4. The molecule has 30 heavy (non-hydrogen) atoms. The van der Waals surface area contributed by atoms with E-state index in [1.54, 1.807) is 12.3 Å². The van der Waals surface area contributed by atoms with Crippen LogP contribution in [0.5, 0.6) is 0 Å². The summed E-state index contributed by atoms with van der Waals surface area (Å²) >= 11 is 0. The fraction of sp³-hybridized carbons (Fsp3) is 0.455. The average Bonchev–Trinajstić information content (AvgIpc) is 3.19. The third-order valence-electron chi connectivity index (χ3n) is 5.75. The molecule has 0 aliphatic carbocycles. The second-order valence-electron chi connectivity index (χ2n) is 7.74. The van der Waals surface area contributed by atoms with E-state index in [2.05, 4.69) is 34.8 Å². The van der Waals surface area contributed by atoms with E-state index in [0.29, 0.717) is 37.6 Å². The largest absolute Gasteiger partial charge is 0.447 e. The molecule has 8 nitrogen and oxygen atoms in total. The minimum atomic E-state index is -0.395. The third-order valence-corrected chi connectivity index (χ3v) is 5.75. The third kappa shape index (κ3) is 3.81. The van der Waals surface area contributed by atoms with E-state index in [1.807, 2.05) is 18.0 Å². The second-order valence-corrected chi connectivity index (χ2v) is 7.74. The number of hydrogen-bond donors (Lipinski definition) is 0. The molecule has 0 aromatic carbocycles. The van der Waals surface area contributed by atoms with Gasteiger partial charge >= 0.3 is 6.09 Å². The van der Waals surface area contributed by atoms with Gasteiger partial charge in [-0.25, -0.2) is 14.8 Å². The van der Waals surface area contributed by atoms with Gasteiger partial charge in [-0.2, -0.15) is 0 Å². The van der Waals surface area contributed by atoms with Gasteiger partial charge in [-0.1, -0.05) is 13.0 Å². The molecular formula is C22H27N5O3. The number of ether oxygens (including phenoxy) is 1. The Kier molecular flexibility index (Phi) is 5.57. The first kappa shape index (κ1) is 20.1. The second kappa shape index (κ2) is 8.30. The van der Waals surface area contributed by atoms with Gasteiger partial charge in [0.1, 0.15) is 18.2 Å². The molecule has 2 amide bonds. The molecule has 8 heteroatoms. The van der Waals surface area contributed by atoms with Crippen LogP contribution in [-0.4, -0.2) is 66.2 Å². The van der Waals surface area contributed by atoms with Crippen LogP contribution in [0.15, 0.2) is 24.5 Å². The van der Waals surface area contributed by atoms with Gasteiger partial charge < -0.3 is 14.5 Å². The molecule has 0 N–H and O–H groups in total. The number of amides is 2. The number of aryl methyl sites for hydroxylation is 3. The molecule has 0 atom stereocenters. The Bertz CT molecular complexity index is 969. The molecule has 0 spiro atoms. The van der Waals surface area contributed by atoms with Crippen LogP contribution in [0.2, 0.25) is 0 Å². The first-order chi connectivity index (χ1) is 14.5. The lowest BCUT2D eigenvalue weighted by atomic mass is 10.1. The van der Waals surface area contributed by atoms with Crippen LogP contribution in [-0.2, 0) is 11.2 Å². The molecule has 2 aromatic rings. The summed E-state index contributed by atoms with van der Waals surface area (Å²) in [6.07, 6.45) is 4.09. The molecule has 2 aliphatic rings. The van der Waals surface area contributed by atoms with Gasteiger partial charge in [0.05, 0.1) is 12.1 Å². The summed E-state index contributed by atoms with van der Waals surface area (Å²) in [6, 6.07) is 3.96. The summed E-state index contributed by atoms with van der Waals surface area (Å²) in [5.41, 5.74) is 3.78. The molecule has 2 saturated heterocycles. The number of hydrogen-bond acceptors (Lipinski definition) is 6. The molecule has 4 heterocycles. The monoisotopic (exact) mass is 409 g/mol. The summed E-state index contributed by atoms with van der Waals surface area (Å²) in [5.74, 6) is 1.49. The van der Waals surface area contributed by atoms with Crippen molar-refractivity contribution in [2.24, 2.45) is 0 Å². The van der Waals surface area contributed by atoms with Crippen LogP contribution in [0, 0.1) is 13.8 Å². The van der Waals surface area contributed by atoms with Crippen LogP contribution in [0.3, 0.4) is 0 Å². The Hall–Kier alpha value is -3.16. The van der Waals surface area contributed by atoms with Crippen molar-refractivity contribution in [2.75, 3.05) is 49.1 Å². The molecule has 4 rings (SSSR count). The molecule has 0 saturated carbocycles. The number of pyridine rings is 2. The maximum absolute atomic E-state index is 13.1. The normalized spacial score (nSPS) is 16.8. The zero-order chi connectivity index (χ0) is 21.3. The van der Waals surface area contributed by atoms with E-state index >= 15 is 0 Å². The van der Waals surface area contributed by atoms with Crippen molar-refractivity contribution >= 4 is 23.6 Å². The molecule has 158 valence electrons. The van der Waals surface area contributed by atoms with Crippen molar-refractivity contribution in [3.8, 4) is 0 Å². The van der Waals surface area contributed by atoms with Crippen molar-refractivity contribution in [2.45, 2.75) is 27.2 Å². The summed E-state index contributed by atoms with van der Waals surface area (Å²) < 4.78 is 4.96. The van der Waals surface area contributed by atoms with Crippen LogP contribution in [0.1, 0.15) is 34.0 Å². The van der Waals surface area contributed by atoms with Crippen LogP contribution < -0.4 is 9.80 Å². The topological polar surface area (TPSA) is 78.9 Å². The average molecular weight is 409 g/mol. The number of carbonyl (C=O) groups is 2. The maximum Gasteiger partial charge on any atom is 0.415 e. The van der Waals surface area contributed by atoms with Gasteiger partial charge in [-0.05, 0) is 43.0 Å². The zero-order valence-corrected chi connectivity index (χ0v) is 17.7. The summed E-state index contributed by atoms with van der Waals surface area (Å²) in [5, 5.41) is 0. The number of aromatic nitrogens is 2. The molecular weight excluding hydrogens is 382 g/mol. The van der Waals surface area contributed by atoms with Gasteiger partial charge in [0.25, 0.3) is 5.91 Å². The first-order valence-electron chi connectivity index (χ1n) is 10.4. The number of piperazine rings is 1. The Labute approximate surface area is 176 Å². The molecule has 2 fully saturated rings. The Morgan fingerprint density at radius 2 is 1.80 bits per heavy atom. The van der Waals surface area contributed by atoms with Crippen molar-refractivity contribution in [1.29, 1.82) is 0 Å². The van der Waals surface area contributed by atoms with E-state index in [9.17, 15) is 9.59 Å². The highest BCUT2D eigenvalue weighted by atomic mass is 16.6. The predicted molar refractivity (Wildman–Crippen MR) is 114 cm³/mol. The smallest absolute Gasteiger partial charge is 0.415 e. The Morgan fingerprint density at radius 3 is 2.40 bits per heavy atom. The van der Waals surface area contributed by atoms with E-state index in [1.165, 1.54) is 16.0 Å². The molecule has 2 aliphatic heterocycles. The lowest BCUT2D eigenvalue weighted by Gasteiger charge is -2.36. The quantitative estimate of drug-likeness (QED) is 0.772. The van der Waals surface area contributed by atoms with E-state index in [-0.39, 0.29) is 5.91 Å². The van der Waals surface area contributed by atoms with Crippen molar-refractivity contribution in [1.82, 2.24) is 14.9 Å². The standard InChI is InChI=1S/C22H27N5O3/c1-4-17-11-16(3)20(24-13-17)25-5-7-26(8-6-25)21(28)18-14-23-19(12-15(18)2)27-9-10-30-22(27)29/h11-14H,4-10H2,1-3H3.